The maximum absolute atomic E-state index is 12.4. The van der Waals surface area contributed by atoms with Crippen molar-refractivity contribution in [2.45, 2.75) is 45.4 Å². The summed E-state index contributed by atoms with van der Waals surface area (Å²) in [6, 6.07) is 10.9. The van der Waals surface area contributed by atoms with Crippen molar-refractivity contribution >= 4 is 11.7 Å². The van der Waals surface area contributed by atoms with Gasteiger partial charge < -0.3 is 14.2 Å². The highest BCUT2D eigenvalue weighted by molar-refractivity contribution is 5.74. The molecule has 31 heavy (non-hydrogen) atoms. The van der Waals surface area contributed by atoms with E-state index in [0.717, 1.165) is 24.0 Å². The quantitative estimate of drug-likeness (QED) is 0.243. The van der Waals surface area contributed by atoms with E-state index in [1.54, 1.807) is 26.2 Å². The molecule has 1 saturated heterocycles. The molecule has 0 saturated carbocycles. The van der Waals surface area contributed by atoms with Gasteiger partial charge in [-0.15, -0.1) is 0 Å². The first-order valence-corrected chi connectivity index (χ1v) is 10.6. The first-order valence-electron chi connectivity index (χ1n) is 10.6. The van der Waals surface area contributed by atoms with Crippen LogP contribution in [0.5, 0.6) is 11.5 Å². The lowest BCUT2D eigenvalue weighted by atomic mass is 9.84. The van der Waals surface area contributed by atoms with Gasteiger partial charge in [0, 0.05) is 17.5 Å². The van der Waals surface area contributed by atoms with E-state index in [0.29, 0.717) is 43.1 Å². The maximum atomic E-state index is 12.4. The van der Waals surface area contributed by atoms with Gasteiger partial charge in [0.1, 0.15) is 0 Å². The van der Waals surface area contributed by atoms with Crippen molar-refractivity contribution in [2.75, 3.05) is 20.3 Å². The number of esters is 1. The highest BCUT2D eigenvalue weighted by Gasteiger charge is 2.32. The Morgan fingerprint density at radius 1 is 1.19 bits per heavy atom. The van der Waals surface area contributed by atoms with Gasteiger partial charge in [-0.05, 0) is 49.4 Å². The van der Waals surface area contributed by atoms with E-state index in [4.69, 9.17) is 14.2 Å². The molecule has 2 aromatic carbocycles. The number of unbranched alkanes of at least 4 members (excludes halogenated alkanes) is 1. The Labute approximate surface area is 182 Å². The average molecular weight is 427 g/mol. The third kappa shape index (κ3) is 5.54. The number of cyclic esters (lactones) is 1. The van der Waals surface area contributed by atoms with Crippen molar-refractivity contribution in [1.82, 2.24) is 0 Å². The molecule has 166 valence electrons. The summed E-state index contributed by atoms with van der Waals surface area (Å²) in [5.41, 5.74) is 2.46. The van der Waals surface area contributed by atoms with Crippen molar-refractivity contribution < 1.29 is 23.9 Å². The van der Waals surface area contributed by atoms with Crippen LogP contribution in [-0.4, -0.2) is 31.2 Å². The smallest absolute Gasteiger partial charge is 0.309 e. The SMILES string of the molecule is CCCCOc1cc([C@H]2COC(=O)C(Cc3ccc(C)c([N+](=O)[O-])c3)C2)ccc1OC. The number of nitro benzene ring substituents is 1. The minimum Gasteiger partial charge on any atom is -0.493 e. The Bertz CT molecular complexity index is 942. The summed E-state index contributed by atoms with van der Waals surface area (Å²) in [7, 11) is 1.61. The molecule has 0 radical (unpaired) electrons. The van der Waals surface area contributed by atoms with E-state index in [1.165, 1.54) is 0 Å². The third-order valence-electron chi connectivity index (χ3n) is 5.70. The highest BCUT2D eigenvalue weighted by Crippen LogP contribution is 2.36. The van der Waals surface area contributed by atoms with Crippen molar-refractivity contribution in [2.24, 2.45) is 5.92 Å². The molecule has 1 unspecified atom stereocenters. The van der Waals surface area contributed by atoms with Crippen LogP contribution in [0, 0.1) is 23.0 Å². The standard InChI is InChI=1S/C24H29NO6/c1-4-5-10-30-23-14-18(8-9-22(23)29-3)20-13-19(24(26)31-15-20)11-17-7-6-16(2)21(12-17)25(27)28/h6-9,12,14,19-20H,4-5,10-11,13,15H2,1-3H3/t19?,20-/m1/s1. The van der Waals surface area contributed by atoms with Gasteiger partial charge in [0.2, 0.25) is 0 Å². The normalized spacial score (nSPS) is 18.4. The van der Waals surface area contributed by atoms with Crippen molar-refractivity contribution in [3.8, 4) is 11.5 Å². The number of carbonyl (C=O) groups excluding carboxylic acids is 1. The predicted molar refractivity (Wildman–Crippen MR) is 117 cm³/mol. The topological polar surface area (TPSA) is 87.9 Å². The highest BCUT2D eigenvalue weighted by atomic mass is 16.6. The van der Waals surface area contributed by atoms with Gasteiger partial charge in [0.25, 0.3) is 5.69 Å². The Balaban J connectivity index is 1.76. The van der Waals surface area contributed by atoms with Gasteiger partial charge in [-0.1, -0.05) is 31.5 Å². The zero-order valence-electron chi connectivity index (χ0n) is 18.3. The molecule has 0 N–H and O–H groups in total. The zero-order valence-corrected chi connectivity index (χ0v) is 18.3. The van der Waals surface area contributed by atoms with Gasteiger partial charge >= 0.3 is 5.97 Å². The van der Waals surface area contributed by atoms with Crippen LogP contribution in [0.4, 0.5) is 5.69 Å². The predicted octanol–water partition coefficient (Wildman–Crippen LogP) is 4.98. The fraction of sp³-hybridized carbons (Fsp3) is 0.458. The van der Waals surface area contributed by atoms with Gasteiger partial charge in [-0.3, -0.25) is 14.9 Å². The largest absolute Gasteiger partial charge is 0.493 e. The number of carbonyl (C=O) groups is 1. The summed E-state index contributed by atoms with van der Waals surface area (Å²) >= 11 is 0. The van der Waals surface area contributed by atoms with E-state index < -0.39 is 4.92 Å². The van der Waals surface area contributed by atoms with Crippen molar-refractivity contribution in [3.05, 3.63) is 63.2 Å². The molecule has 7 heteroatoms. The molecule has 0 amide bonds. The van der Waals surface area contributed by atoms with E-state index in [2.05, 4.69) is 6.92 Å². The number of hydrogen-bond acceptors (Lipinski definition) is 6. The second-order valence-corrected chi connectivity index (χ2v) is 7.95. The number of ether oxygens (including phenoxy) is 3. The number of benzene rings is 2. The lowest BCUT2D eigenvalue weighted by Gasteiger charge is -2.29. The molecule has 2 aromatic rings. The Kier molecular flexibility index (Phi) is 7.50. The number of methoxy groups -OCH3 is 1. The van der Waals surface area contributed by atoms with E-state index in [1.807, 2.05) is 24.3 Å². The second-order valence-electron chi connectivity index (χ2n) is 7.95. The molecule has 0 spiro atoms. The van der Waals surface area contributed by atoms with Crippen molar-refractivity contribution in [3.63, 3.8) is 0 Å². The summed E-state index contributed by atoms with van der Waals surface area (Å²) in [5.74, 6) is 0.787. The number of hydrogen-bond donors (Lipinski definition) is 0. The molecule has 7 nitrogen and oxygen atoms in total. The number of rotatable bonds is 9. The third-order valence-corrected chi connectivity index (χ3v) is 5.70. The molecule has 0 bridgehead atoms. The molecule has 1 aliphatic rings. The molecule has 3 rings (SSSR count). The summed E-state index contributed by atoms with van der Waals surface area (Å²) in [4.78, 5) is 23.2. The zero-order chi connectivity index (χ0) is 22.4. The van der Waals surface area contributed by atoms with Gasteiger partial charge in [-0.2, -0.15) is 0 Å². The van der Waals surface area contributed by atoms with Crippen LogP contribution >= 0.6 is 0 Å². The van der Waals surface area contributed by atoms with Crippen LogP contribution in [-0.2, 0) is 16.0 Å². The van der Waals surface area contributed by atoms with E-state index >= 15 is 0 Å². The Morgan fingerprint density at radius 3 is 2.71 bits per heavy atom. The summed E-state index contributed by atoms with van der Waals surface area (Å²) in [6.45, 7) is 4.74. The Hall–Kier alpha value is -3.09. The Morgan fingerprint density at radius 2 is 2.00 bits per heavy atom. The van der Waals surface area contributed by atoms with E-state index in [-0.39, 0.29) is 23.5 Å². The number of nitrogens with zero attached hydrogens (tertiary/aromatic N) is 1. The van der Waals surface area contributed by atoms with Crippen molar-refractivity contribution in [1.29, 1.82) is 0 Å². The molecule has 1 aliphatic heterocycles. The molecule has 1 heterocycles. The summed E-state index contributed by atoms with van der Waals surface area (Å²) in [6.07, 6.45) is 3.02. The molecule has 0 aromatic heterocycles. The lowest BCUT2D eigenvalue weighted by molar-refractivity contribution is -0.385. The van der Waals surface area contributed by atoms with Crippen LogP contribution in [0.25, 0.3) is 0 Å². The second kappa shape index (κ2) is 10.3. The molecular formula is C24H29NO6. The van der Waals surface area contributed by atoms with Crippen LogP contribution in [0.15, 0.2) is 36.4 Å². The van der Waals surface area contributed by atoms with E-state index in [9.17, 15) is 14.9 Å². The fourth-order valence-electron chi connectivity index (χ4n) is 3.86. The first kappa shape index (κ1) is 22.6. The molecule has 2 atom stereocenters. The molecular weight excluding hydrogens is 398 g/mol. The minimum absolute atomic E-state index is 0.0302. The lowest BCUT2D eigenvalue weighted by Crippen LogP contribution is -2.31. The number of nitro groups is 1. The van der Waals surface area contributed by atoms with Crippen LogP contribution in [0.1, 0.15) is 48.8 Å². The minimum atomic E-state index is -0.391. The monoisotopic (exact) mass is 427 g/mol. The van der Waals surface area contributed by atoms with Crippen LogP contribution in [0.3, 0.4) is 0 Å². The van der Waals surface area contributed by atoms with Gasteiger partial charge in [0.15, 0.2) is 11.5 Å². The first-order chi connectivity index (χ1) is 14.9. The fourth-order valence-corrected chi connectivity index (χ4v) is 3.86. The average Bonchev–Trinajstić information content (AvgIpc) is 2.76. The van der Waals surface area contributed by atoms with Crippen LogP contribution < -0.4 is 9.47 Å². The molecule has 0 aliphatic carbocycles. The van der Waals surface area contributed by atoms with Gasteiger partial charge in [0.05, 0.1) is 31.2 Å². The number of aryl methyl sites for hydroxylation is 1. The summed E-state index contributed by atoms with van der Waals surface area (Å²) < 4.78 is 16.8. The maximum Gasteiger partial charge on any atom is 0.309 e. The summed E-state index contributed by atoms with van der Waals surface area (Å²) in [5, 5.41) is 11.2. The van der Waals surface area contributed by atoms with Gasteiger partial charge in [-0.25, -0.2) is 0 Å². The molecule has 1 fully saturated rings. The van der Waals surface area contributed by atoms with Crippen LogP contribution in [0.2, 0.25) is 0 Å².